The monoisotopic (exact) mass is 429 g/mol. The van der Waals surface area contributed by atoms with Crippen LogP contribution in [-0.4, -0.2) is 15.9 Å². The van der Waals surface area contributed by atoms with Crippen molar-refractivity contribution in [3.05, 3.63) is 74.8 Å². The summed E-state index contributed by atoms with van der Waals surface area (Å²) in [7, 11) is 0. The minimum absolute atomic E-state index is 0.0693. The van der Waals surface area contributed by atoms with Crippen LogP contribution in [0.2, 0.25) is 0 Å². The number of hydrogen-bond acceptors (Lipinski definition) is 5. The third kappa shape index (κ3) is 3.81. The number of rotatable bonds is 4. The summed E-state index contributed by atoms with van der Waals surface area (Å²) in [5, 5.41) is 19.4. The lowest BCUT2D eigenvalue weighted by Gasteiger charge is -2.20. The van der Waals surface area contributed by atoms with Crippen molar-refractivity contribution in [3.8, 4) is 12.1 Å². The van der Waals surface area contributed by atoms with Gasteiger partial charge in [-0.2, -0.15) is 19.3 Å². The molecule has 0 bridgehead atoms. The number of nitriles is 2. The van der Waals surface area contributed by atoms with Crippen LogP contribution in [0.4, 0.5) is 17.6 Å². The summed E-state index contributed by atoms with van der Waals surface area (Å²) in [4.78, 5) is 30.1. The number of amides is 1. The van der Waals surface area contributed by atoms with Gasteiger partial charge in [-0.15, -0.1) is 0 Å². The molecule has 2 aromatic heterocycles. The third-order valence-electron chi connectivity index (χ3n) is 4.47. The van der Waals surface area contributed by atoms with Crippen LogP contribution in [-0.2, 0) is 10.7 Å². The summed E-state index contributed by atoms with van der Waals surface area (Å²) in [6.07, 6.45) is 1.01. The van der Waals surface area contributed by atoms with E-state index >= 15 is 0 Å². The topological polar surface area (TPSA) is 122 Å². The molecule has 2 heterocycles. The lowest BCUT2D eigenvalue weighted by Crippen LogP contribution is -2.42. The van der Waals surface area contributed by atoms with Crippen LogP contribution in [0.1, 0.15) is 35.3 Å². The van der Waals surface area contributed by atoms with Crippen molar-refractivity contribution < 1.29 is 22.4 Å². The number of carbonyl (C=O) groups is 1. The maximum Gasteiger partial charge on any atom is 0.355 e. The first-order valence-electron chi connectivity index (χ1n) is 8.60. The van der Waals surface area contributed by atoms with Crippen molar-refractivity contribution in [1.29, 1.82) is 10.5 Å². The fourth-order valence-corrected chi connectivity index (χ4v) is 2.90. The normalized spacial score (nSPS) is 12.1. The van der Waals surface area contributed by atoms with E-state index in [4.69, 9.17) is 10.5 Å². The number of carbonyl (C=O) groups excluding carboxylic acids is 1. The Hall–Kier alpha value is -4.25. The number of aromatic nitrogens is 2. The average molecular weight is 429 g/mol. The van der Waals surface area contributed by atoms with Crippen LogP contribution in [0.15, 0.2) is 35.3 Å². The minimum atomic E-state index is -4.40. The standard InChI is InChI=1S/C20H11F4N5O2/c1-9(17-15(22)4-10(6-25)8-27-17)28-19(31)20(23,24)13-5-11-12(7-26)14(21)2-3-16(11)29-18(13)30/h2-5,8-9H,1H3,(H,28,31)(H,29,30)/t9-/m1/s1. The number of nitrogens with one attached hydrogen (secondary N) is 2. The highest BCUT2D eigenvalue weighted by atomic mass is 19.3. The van der Waals surface area contributed by atoms with Gasteiger partial charge in [0.15, 0.2) is 0 Å². The average Bonchev–Trinajstić information content (AvgIpc) is 2.72. The molecule has 0 saturated carbocycles. The van der Waals surface area contributed by atoms with Crippen LogP contribution in [0, 0.1) is 34.3 Å². The molecule has 0 aliphatic heterocycles. The summed E-state index contributed by atoms with van der Waals surface area (Å²) in [6.45, 7) is 1.18. The molecule has 0 fully saturated rings. The number of alkyl halides is 2. The van der Waals surface area contributed by atoms with Gasteiger partial charge in [-0.05, 0) is 31.2 Å². The largest absolute Gasteiger partial charge is 0.355 e. The van der Waals surface area contributed by atoms with E-state index < -0.39 is 51.9 Å². The molecule has 1 atom stereocenters. The second kappa shape index (κ2) is 7.88. The Morgan fingerprint density at radius 3 is 2.52 bits per heavy atom. The predicted molar refractivity (Wildman–Crippen MR) is 98.6 cm³/mol. The Bertz CT molecular complexity index is 1350. The number of aromatic amines is 1. The maximum absolute atomic E-state index is 14.8. The van der Waals surface area contributed by atoms with Gasteiger partial charge in [-0.25, -0.2) is 8.78 Å². The van der Waals surface area contributed by atoms with E-state index in [9.17, 15) is 27.2 Å². The van der Waals surface area contributed by atoms with Crippen LogP contribution in [0.25, 0.3) is 10.9 Å². The highest BCUT2D eigenvalue weighted by Gasteiger charge is 2.44. The van der Waals surface area contributed by atoms with Gasteiger partial charge in [0.2, 0.25) is 0 Å². The number of fused-ring (bicyclic) bond motifs is 1. The summed E-state index contributed by atoms with van der Waals surface area (Å²) < 4.78 is 57.5. The van der Waals surface area contributed by atoms with Crippen molar-refractivity contribution in [2.75, 3.05) is 0 Å². The molecule has 3 aromatic rings. The van der Waals surface area contributed by atoms with E-state index in [-0.39, 0.29) is 16.5 Å². The van der Waals surface area contributed by atoms with Gasteiger partial charge in [0.25, 0.3) is 11.5 Å². The Kier molecular flexibility index (Phi) is 5.45. The Balaban J connectivity index is 1.99. The molecular formula is C20H11F4N5O2. The van der Waals surface area contributed by atoms with Crippen molar-refractivity contribution in [1.82, 2.24) is 15.3 Å². The maximum atomic E-state index is 14.8. The van der Waals surface area contributed by atoms with Gasteiger partial charge in [0.05, 0.1) is 28.4 Å². The first-order chi connectivity index (χ1) is 14.6. The second-order valence-corrected chi connectivity index (χ2v) is 6.48. The molecular weight excluding hydrogens is 418 g/mol. The second-order valence-electron chi connectivity index (χ2n) is 6.48. The van der Waals surface area contributed by atoms with E-state index in [1.807, 2.05) is 5.32 Å². The Labute approximate surface area is 171 Å². The fraction of sp³-hybridized carbons (Fsp3) is 0.150. The summed E-state index contributed by atoms with van der Waals surface area (Å²) >= 11 is 0. The molecule has 1 amide bonds. The lowest BCUT2D eigenvalue weighted by molar-refractivity contribution is -0.148. The summed E-state index contributed by atoms with van der Waals surface area (Å²) in [5.74, 6) is -8.33. The zero-order valence-electron chi connectivity index (χ0n) is 15.6. The number of nitrogens with zero attached hydrogens (tertiary/aromatic N) is 3. The number of H-pyrrole nitrogens is 1. The summed E-state index contributed by atoms with van der Waals surface area (Å²) in [6, 6.07) is 5.22. The number of hydrogen-bond donors (Lipinski definition) is 2. The van der Waals surface area contributed by atoms with Gasteiger partial charge < -0.3 is 10.3 Å². The molecule has 156 valence electrons. The smallest absolute Gasteiger partial charge is 0.342 e. The lowest BCUT2D eigenvalue weighted by atomic mass is 10.0. The minimum Gasteiger partial charge on any atom is -0.342 e. The first kappa shape index (κ1) is 21.5. The summed E-state index contributed by atoms with van der Waals surface area (Å²) in [5.41, 5.74) is -3.79. The number of pyridine rings is 2. The van der Waals surface area contributed by atoms with E-state index in [1.165, 1.54) is 13.0 Å². The van der Waals surface area contributed by atoms with Crippen molar-refractivity contribution in [2.24, 2.45) is 0 Å². The molecule has 0 saturated heterocycles. The van der Waals surface area contributed by atoms with Crippen molar-refractivity contribution in [3.63, 3.8) is 0 Å². The molecule has 2 N–H and O–H groups in total. The highest BCUT2D eigenvalue weighted by molar-refractivity contribution is 5.89. The number of benzene rings is 1. The quantitative estimate of drug-likeness (QED) is 0.618. The van der Waals surface area contributed by atoms with E-state index in [0.29, 0.717) is 6.07 Å². The van der Waals surface area contributed by atoms with Gasteiger partial charge in [0, 0.05) is 17.1 Å². The molecule has 0 unspecified atom stereocenters. The van der Waals surface area contributed by atoms with Crippen LogP contribution >= 0.6 is 0 Å². The fourth-order valence-electron chi connectivity index (χ4n) is 2.90. The Morgan fingerprint density at radius 1 is 1.19 bits per heavy atom. The van der Waals surface area contributed by atoms with E-state index in [1.54, 1.807) is 6.07 Å². The van der Waals surface area contributed by atoms with Gasteiger partial charge in [-0.3, -0.25) is 14.6 Å². The third-order valence-corrected chi connectivity index (χ3v) is 4.47. The van der Waals surface area contributed by atoms with Crippen LogP contribution < -0.4 is 10.9 Å². The zero-order chi connectivity index (χ0) is 22.9. The highest BCUT2D eigenvalue weighted by Crippen LogP contribution is 2.30. The number of halogens is 4. The molecule has 31 heavy (non-hydrogen) atoms. The van der Waals surface area contributed by atoms with Crippen LogP contribution in [0.5, 0.6) is 0 Å². The molecule has 0 aliphatic rings. The van der Waals surface area contributed by atoms with E-state index in [0.717, 1.165) is 24.4 Å². The molecule has 0 spiro atoms. The van der Waals surface area contributed by atoms with Gasteiger partial charge in [-0.1, -0.05) is 0 Å². The zero-order valence-corrected chi connectivity index (χ0v) is 15.6. The van der Waals surface area contributed by atoms with Crippen molar-refractivity contribution in [2.45, 2.75) is 18.9 Å². The predicted octanol–water partition coefficient (Wildman–Crippen LogP) is 2.91. The van der Waals surface area contributed by atoms with Crippen molar-refractivity contribution >= 4 is 16.8 Å². The Morgan fingerprint density at radius 2 is 1.90 bits per heavy atom. The van der Waals surface area contributed by atoms with Gasteiger partial charge >= 0.3 is 5.92 Å². The molecule has 11 heteroatoms. The molecule has 1 aromatic carbocycles. The van der Waals surface area contributed by atoms with E-state index in [2.05, 4.69) is 9.97 Å². The molecule has 7 nitrogen and oxygen atoms in total. The van der Waals surface area contributed by atoms with Crippen LogP contribution in [0.3, 0.4) is 0 Å². The molecule has 0 aliphatic carbocycles. The molecule has 3 rings (SSSR count). The first-order valence-corrected chi connectivity index (χ1v) is 8.60. The molecule has 0 radical (unpaired) electrons. The SMILES string of the molecule is C[C@@H](NC(=O)C(F)(F)c1cc2c(C#N)c(F)ccc2[nH]c1=O)c1ncc(C#N)cc1F. The van der Waals surface area contributed by atoms with Gasteiger partial charge in [0.1, 0.15) is 23.8 Å².